The third kappa shape index (κ3) is 5.69. The molecule has 0 aliphatic rings. The van der Waals surface area contributed by atoms with Crippen molar-refractivity contribution in [2.75, 3.05) is 6.61 Å². The van der Waals surface area contributed by atoms with Crippen LogP contribution in [0.2, 0.25) is 0 Å². The Kier molecular flexibility index (Phi) is 7.62. The number of rotatable bonds is 9. The molecule has 0 saturated heterocycles. The molecule has 0 aromatic heterocycles. The fourth-order valence-corrected chi connectivity index (χ4v) is 3.00. The Hall–Kier alpha value is -1.86. The van der Waals surface area contributed by atoms with E-state index < -0.39 is 0 Å². The van der Waals surface area contributed by atoms with Crippen LogP contribution in [0.4, 0.5) is 0 Å². The lowest BCUT2D eigenvalue weighted by Crippen LogP contribution is -2.18. The van der Waals surface area contributed by atoms with Crippen molar-refractivity contribution >= 4 is 0 Å². The van der Waals surface area contributed by atoms with Gasteiger partial charge in [0.15, 0.2) is 0 Å². The van der Waals surface area contributed by atoms with Gasteiger partial charge in [0.05, 0.1) is 0 Å². The van der Waals surface area contributed by atoms with Gasteiger partial charge in [-0.25, -0.2) is 0 Å². The highest BCUT2D eigenvalue weighted by Crippen LogP contribution is 2.29. The van der Waals surface area contributed by atoms with Crippen LogP contribution in [-0.4, -0.2) is 11.7 Å². The SMILES string of the molecule is CCCC/C=C/[C@H](c1ccccc1)[C@H](CO)Cc1ccccc1. The zero-order valence-corrected chi connectivity index (χ0v) is 14.1. The lowest BCUT2D eigenvalue weighted by atomic mass is 9.82. The van der Waals surface area contributed by atoms with E-state index in [1.54, 1.807) is 0 Å². The Balaban J connectivity index is 2.17. The van der Waals surface area contributed by atoms with Crippen LogP contribution in [0.1, 0.15) is 43.2 Å². The molecule has 122 valence electrons. The van der Waals surface area contributed by atoms with Crippen molar-refractivity contribution in [2.45, 2.75) is 38.5 Å². The second kappa shape index (κ2) is 10.0. The summed E-state index contributed by atoms with van der Waals surface area (Å²) in [4.78, 5) is 0. The number of hydrogen-bond acceptors (Lipinski definition) is 1. The molecule has 1 nitrogen and oxygen atoms in total. The monoisotopic (exact) mass is 308 g/mol. The number of unbranched alkanes of at least 4 members (excludes halogenated alkanes) is 2. The van der Waals surface area contributed by atoms with E-state index in [2.05, 4.69) is 67.6 Å². The van der Waals surface area contributed by atoms with Gasteiger partial charge in [-0.1, -0.05) is 92.6 Å². The van der Waals surface area contributed by atoms with Crippen molar-refractivity contribution in [2.24, 2.45) is 5.92 Å². The smallest absolute Gasteiger partial charge is 0.0471 e. The minimum atomic E-state index is 0.201. The summed E-state index contributed by atoms with van der Waals surface area (Å²) in [7, 11) is 0. The maximum atomic E-state index is 9.99. The first-order valence-electron chi connectivity index (χ1n) is 8.71. The molecule has 1 N–H and O–H groups in total. The first kappa shape index (κ1) is 17.5. The molecule has 2 aromatic carbocycles. The topological polar surface area (TPSA) is 20.2 Å². The van der Waals surface area contributed by atoms with E-state index in [0.29, 0.717) is 0 Å². The van der Waals surface area contributed by atoms with Gasteiger partial charge < -0.3 is 5.11 Å². The maximum absolute atomic E-state index is 9.99. The van der Waals surface area contributed by atoms with Crippen LogP contribution in [0.5, 0.6) is 0 Å². The van der Waals surface area contributed by atoms with Crippen LogP contribution in [0.25, 0.3) is 0 Å². The van der Waals surface area contributed by atoms with Gasteiger partial charge in [-0.05, 0) is 29.9 Å². The maximum Gasteiger partial charge on any atom is 0.0471 e. The van der Waals surface area contributed by atoms with E-state index in [1.807, 2.05) is 12.1 Å². The molecule has 0 radical (unpaired) electrons. The Bertz CT molecular complexity index is 559. The van der Waals surface area contributed by atoms with Crippen LogP contribution < -0.4 is 0 Å². The average molecular weight is 308 g/mol. The first-order valence-corrected chi connectivity index (χ1v) is 8.71. The Morgan fingerprint density at radius 1 is 0.957 bits per heavy atom. The molecule has 23 heavy (non-hydrogen) atoms. The molecule has 2 atom stereocenters. The number of benzene rings is 2. The molecule has 0 fully saturated rings. The summed E-state index contributed by atoms with van der Waals surface area (Å²) in [5, 5.41) is 9.99. The summed E-state index contributed by atoms with van der Waals surface area (Å²) in [5.74, 6) is 0.468. The molecular weight excluding hydrogens is 280 g/mol. The van der Waals surface area contributed by atoms with Crippen molar-refractivity contribution in [1.82, 2.24) is 0 Å². The third-order valence-electron chi connectivity index (χ3n) is 4.34. The van der Waals surface area contributed by atoms with Gasteiger partial charge in [0.2, 0.25) is 0 Å². The molecule has 0 aliphatic carbocycles. The summed E-state index contributed by atoms with van der Waals surface area (Å²) in [5.41, 5.74) is 2.57. The van der Waals surface area contributed by atoms with Gasteiger partial charge in [-0.15, -0.1) is 0 Å². The molecule has 0 spiro atoms. The molecule has 0 saturated carbocycles. The van der Waals surface area contributed by atoms with E-state index in [9.17, 15) is 5.11 Å². The Morgan fingerprint density at radius 2 is 1.61 bits per heavy atom. The highest BCUT2D eigenvalue weighted by molar-refractivity contribution is 5.26. The van der Waals surface area contributed by atoms with Crippen LogP contribution in [-0.2, 0) is 6.42 Å². The van der Waals surface area contributed by atoms with Crippen LogP contribution in [0, 0.1) is 5.92 Å². The first-order chi connectivity index (χ1) is 11.3. The van der Waals surface area contributed by atoms with Gasteiger partial charge in [-0.3, -0.25) is 0 Å². The fraction of sp³-hybridized carbons (Fsp3) is 0.364. The van der Waals surface area contributed by atoms with Gasteiger partial charge in [0, 0.05) is 12.5 Å². The zero-order chi connectivity index (χ0) is 16.3. The third-order valence-corrected chi connectivity index (χ3v) is 4.34. The van der Waals surface area contributed by atoms with Crippen molar-refractivity contribution in [1.29, 1.82) is 0 Å². The Labute approximate surface area is 140 Å². The summed E-state index contributed by atoms with van der Waals surface area (Å²) in [6.45, 7) is 2.42. The lowest BCUT2D eigenvalue weighted by Gasteiger charge is -2.24. The molecule has 0 heterocycles. The fourth-order valence-electron chi connectivity index (χ4n) is 3.00. The van der Waals surface area contributed by atoms with Crippen molar-refractivity contribution in [3.63, 3.8) is 0 Å². The van der Waals surface area contributed by atoms with Gasteiger partial charge in [-0.2, -0.15) is 0 Å². The normalized spacial score (nSPS) is 14.0. The summed E-state index contributed by atoms with van der Waals surface area (Å²) in [6.07, 6.45) is 9.04. The number of hydrogen-bond donors (Lipinski definition) is 1. The number of aliphatic hydroxyl groups is 1. The summed E-state index contributed by atoms with van der Waals surface area (Å²) < 4.78 is 0. The molecule has 1 heteroatoms. The Morgan fingerprint density at radius 3 is 2.22 bits per heavy atom. The highest BCUT2D eigenvalue weighted by Gasteiger charge is 2.20. The quantitative estimate of drug-likeness (QED) is 0.488. The minimum absolute atomic E-state index is 0.201. The number of allylic oxidation sites excluding steroid dienone is 2. The van der Waals surface area contributed by atoms with Gasteiger partial charge >= 0.3 is 0 Å². The van der Waals surface area contributed by atoms with E-state index in [1.165, 1.54) is 24.0 Å². The van der Waals surface area contributed by atoms with Crippen LogP contribution in [0.3, 0.4) is 0 Å². The van der Waals surface area contributed by atoms with E-state index in [-0.39, 0.29) is 18.4 Å². The molecule has 0 amide bonds. The second-order valence-corrected chi connectivity index (χ2v) is 6.14. The lowest BCUT2D eigenvalue weighted by molar-refractivity contribution is 0.214. The second-order valence-electron chi connectivity index (χ2n) is 6.14. The largest absolute Gasteiger partial charge is 0.396 e. The zero-order valence-electron chi connectivity index (χ0n) is 14.1. The summed E-state index contributed by atoms with van der Waals surface area (Å²) in [6, 6.07) is 21.0. The molecule has 2 rings (SSSR count). The van der Waals surface area contributed by atoms with Crippen molar-refractivity contribution < 1.29 is 5.11 Å². The molecular formula is C22H28O. The average Bonchev–Trinajstić information content (AvgIpc) is 2.62. The van der Waals surface area contributed by atoms with Crippen LogP contribution in [0.15, 0.2) is 72.8 Å². The van der Waals surface area contributed by atoms with Crippen LogP contribution >= 0.6 is 0 Å². The standard InChI is InChI=1S/C22H28O/c1-2-3-4-11-16-22(20-14-9-6-10-15-20)21(18-23)17-19-12-7-5-8-13-19/h5-16,21-23H,2-4,17-18H2,1H3/b16-11+/t21-,22+/m0/s1. The van der Waals surface area contributed by atoms with E-state index >= 15 is 0 Å². The van der Waals surface area contributed by atoms with E-state index in [0.717, 1.165) is 12.8 Å². The minimum Gasteiger partial charge on any atom is -0.396 e. The van der Waals surface area contributed by atoms with Crippen molar-refractivity contribution in [3.8, 4) is 0 Å². The molecule has 2 aromatic rings. The molecule has 0 bridgehead atoms. The van der Waals surface area contributed by atoms with E-state index in [4.69, 9.17) is 0 Å². The predicted molar refractivity (Wildman–Crippen MR) is 98.6 cm³/mol. The van der Waals surface area contributed by atoms with Gasteiger partial charge in [0.25, 0.3) is 0 Å². The van der Waals surface area contributed by atoms with Gasteiger partial charge in [0.1, 0.15) is 0 Å². The molecule has 0 aliphatic heterocycles. The highest BCUT2D eigenvalue weighted by atomic mass is 16.3. The number of aliphatic hydroxyl groups excluding tert-OH is 1. The summed E-state index contributed by atoms with van der Waals surface area (Å²) >= 11 is 0. The predicted octanol–water partition coefficient (Wildman–Crippen LogP) is 5.37. The van der Waals surface area contributed by atoms with Crippen molar-refractivity contribution in [3.05, 3.63) is 83.9 Å². The molecule has 0 unspecified atom stereocenters.